The molecule has 1 N–H and O–H groups in total. The molecule has 0 aliphatic carbocycles. The van der Waals surface area contributed by atoms with Crippen molar-refractivity contribution in [3.63, 3.8) is 0 Å². The van der Waals surface area contributed by atoms with E-state index in [-0.39, 0.29) is 17.0 Å². The molecule has 2 aliphatic heterocycles. The number of nitrogens with one attached hydrogen (secondary N) is 1. The van der Waals surface area contributed by atoms with Crippen LogP contribution in [0.3, 0.4) is 0 Å². The van der Waals surface area contributed by atoms with E-state index in [2.05, 4.69) is 5.32 Å². The van der Waals surface area contributed by atoms with Crippen LogP contribution in [0.15, 0.2) is 0 Å². The van der Waals surface area contributed by atoms with Crippen LogP contribution in [0, 0.1) is 0 Å². The zero-order valence-electron chi connectivity index (χ0n) is 7.36. The van der Waals surface area contributed by atoms with Crippen LogP contribution >= 0.6 is 12.2 Å². The van der Waals surface area contributed by atoms with Gasteiger partial charge in [-0.1, -0.05) is 0 Å². The molecular formula is C7H12N2O2S2. The Kier molecular flexibility index (Phi) is 1.99. The van der Waals surface area contributed by atoms with Crippen molar-refractivity contribution in [1.82, 2.24) is 10.2 Å². The predicted octanol–water partition coefficient (Wildman–Crippen LogP) is -0.638. The quantitative estimate of drug-likeness (QED) is 0.550. The first-order valence-electron chi connectivity index (χ1n) is 4.24. The summed E-state index contributed by atoms with van der Waals surface area (Å²) in [4.78, 5) is 1.99. The first-order chi connectivity index (χ1) is 6.04. The Hall–Kier alpha value is -0.360. The highest BCUT2D eigenvalue weighted by molar-refractivity contribution is 7.92. The summed E-state index contributed by atoms with van der Waals surface area (Å²) >= 11 is 5.07. The van der Waals surface area contributed by atoms with E-state index >= 15 is 0 Å². The molecule has 6 heteroatoms. The number of hydrogen-bond donors (Lipinski definition) is 1. The molecule has 2 saturated heterocycles. The summed E-state index contributed by atoms with van der Waals surface area (Å²) in [5.74, 6) is 0.277. The minimum absolute atomic E-state index is 0.120. The van der Waals surface area contributed by atoms with Gasteiger partial charge in [-0.15, -0.1) is 0 Å². The molecule has 4 nitrogen and oxygen atoms in total. The maximum absolute atomic E-state index is 11.4. The molecule has 2 fully saturated rings. The zero-order chi connectivity index (χ0) is 9.64. The van der Waals surface area contributed by atoms with Crippen LogP contribution in [0.5, 0.6) is 0 Å². The number of rotatable bonds is 0. The first kappa shape index (κ1) is 9.21. The lowest BCUT2D eigenvalue weighted by Gasteiger charge is -2.28. The van der Waals surface area contributed by atoms with Crippen LogP contribution in [-0.4, -0.2) is 49.1 Å². The first-order valence-corrected chi connectivity index (χ1v) is 6.37. The van der Waals surface area contributed by atoms with Crippen molar-refractivity contribution in [2.24, 2.45) is 0 Å². The van der Waals surface area contributed by atoms with Crippen LogP contribution in [0.25, 0.3) is 0 Å². The third-order valence-electron chi connectivity index (χ3n) is 2.78. The van der Waals surface area contributed by atoms with E-state index < -0.39 is 9.84 Å². The molecule has 74 valence electrons. The van der Waals surface area contributed by atoms with Crippen molar-refractivity contribution >= 4 is 27.2 Å². The summed E-state index contributed by atoms with van der Waals surface area (Å²) in [5, 5.41) is 3.37. The molecule has 2 aliphatic rings. The Morgan fingerprint density at radius 3 is 2.69 bits per heavy atom. The Morgan fingerprint density at radius 2 is 2.31 bits per heavy atom. The van der Waals surface area contributed by atoms with Gasteiger partial charge in [0.05, 0.1) is 11.0 Å². The number of likely N-dealkylation sites (tertiary alicyclic amines) is 1. The Morgan fingerprint density at radius 1 is 1.62 bits per heavy atom. The summed E-state index contributed by atoms with van der Waals surface area (Å²) in [6.07, 6.45) is 0.754. The molecule has 2 bridgehead atoms. The second kappa shape index (κ2) is 2.81. The number of nitrogens with zero attached hydrogens (tertiary/aromatic N) is 1. The summed E-state index contributed by atoms with van der Waals surface area (Å²) in [6, 6.07) is 0.120. The van der Waals surface area contributed by atoms with Crippen LogP contribution in [0.4, 0.5) is 0 Å². The highest BCUT2D eigenvalue weighted by atomic mass is 32.2. The Balaban J connectivity index is 2.16. The summed E-state index contributed by atoms with van der Waals surface area (Å²) in [5.41, 5.74) is 0. The third-order valence-corrected chi connectivity index (χ3v) is 5.43. The maximum atomic E-state index is 11.4. The van der Waals surface area contributed by atoms with Crippen molar-refractivity contribution in [2.45, 2.75) is 17.7 Å². The summed E-state index contributed by atoms with van der Waals surface area (Å²) < 4.78 is 22.8. The van der Waals surface area contributed by atoms with Gasteiger partial charge in [0.25, 0.3) is 0 Å². The predicted molar refractivity (Wildman–Crippen MR) is 54.3 cm³/mol. The normalized spacial score (nSPS) is 35.0. The Bertz CT molecular complexity index is 338. The van der Waals surface area contributed by atoms with Crippen molar-refractivity contribution in [2.75, 3.05) is 19.3 Å². The van der Waals surface area contributed by atoms with E-state index in [1.54, 1.807) is 7.05 Å². The van der Waals surface area contributed by atoms with Crippen molar-refractivity contribution < 1.29 is 8.42 Å². The van der Waals surface area contributed by atoms with Gasteiger partial charge < -0.3 is 10.2 Å². The fourth-order valence-electron chi connectivity index (χ4n) is 2.09. The molecule has 0 amide bonds. The van der Waals surface area contributed by atoms with Gasteiger partial charge >= 0.3 is 0 Å². The average molecular weight is 220 g/mol. The van der Waals surface area contributed by atoms with Crippen molar-refractivity contribution in [3.8, 4) is 0 Å². The SMILES string of the molecule is CNC(=S)N1CC2CC1CS2(=O)=O. The lowest BCUT2D eigenvalue weighted by Crippen LogP contribution is -2.47. The van der Waals surface area contributed by atoms with E-state index in [0.717, 1.165) is 6.42 Å². The number of sulfone groups is 1. The van der Waals surface area contributed by atoms with E-state index in [0.29, 0.717) is 11.7 Å². The molecule has 0 aromatic rings. The van der Waals surface area contributed by atoms with Crippen LogP contribution in [-0.2, 0) is 9.84 Å². The molecule has 2 heterocycles. The van der Waals surface area contributed by atoms with Crippen molar-refractivity contribution in [1.29, 1.82) is 0 Å². The number of hydrogen-bond acceptors (Lipinski definition) is 3. The van der Waals surface area contributed by atoms with Crippen LogP contribution < -0.4 is 5.32 Å². The lowest BCUT2D eigenvalue weighted by atomic mass is 10.2. The monoisotopic (exact) mass is 220 g/mol. The second-order valence-electron chi connectivity index (χ2n) is 3.55. The van der Waals surface area contributed by atoms with E-state index in [1.807, 2.05) is 4.90 Å². The highest BCUT2D eigenvalue weighted by Gasteiger charge is 2.48. The van der Waals surface area contributed by atoms with Gasteiger partial charge in [-0.3, -0.25) is 0 Å². The highest BCUT2D eigenvalue weighted by Crippen LogP contribution is 2.32. The molecule has 2 unspecified atom stereocenters. The largest absolute Gasteiger partial charge is 0.366 e. The molecule has 0 spiro atoms. The molecule has 0 aromatic heterocycles. The minimum atomic E-state index is -2.79. The van der Waals surface area contributed by atoms with E-state index in [4.69, 9.17) is 12.2 Å². The molecule has 0 saturated carbocycles. The molecule has 13 heavy (non-hydrogen) atoms. The number of fused-ring (bicyclic) bond motifs is 2. The second-order valence-corrected chi connectivity index (χ2v) is 6.26. The van der Waals surface area contributed by atoms with Gasteiger partial charge in [0, 0.05) is 19.6 Å². The van der Waals surface area contributed by atoms with Gasteiger partial charge in [0.2, 0.25) is 0 Å². The minimum Gasteiger partial charge on any atom is -0.366 e. The number of thiocarbonyl (C=S) groups is 1. The standard InChI is InChI=1S/C7H12N2O2S2/c1-8-7(12)9-3-6-2-5(9)4-13(6,10)11/h5-6H,2-4H2,1H3,(H,8,12). The molecular weight excluding hydrogens is 208 g/mol. The maximum Gasteiger partial charge on any atom is 0.168 e. The van der Waals surface area contributed by atoms with E-state index in [1.165, 1.54) is 0 Å². The smallest absolute Gasteiger partial charge is 0.168 e. The van der Waals surface area contributed by atoms with Gasteiger partial charge in [0.15, 0.2) is 14.9 Å². The summed E-state index contributed by atoms with van der Waals surface area (Å²) in [6.45, 7) is 0.576. The van der Waals surface area contributed by atoms with Crippen LogP contribution in [0.1, 0.15) is 6.42 Å². The fraction of sp³-hybridized carbons (Fsp3) is 0.857. The van der Waals surface area contributed by atoms with E-state index in [9.17, 15) is 8.42 Å². The van der Waals surface area contributed by atoms with Crippen molar-refractivity contribution in [3.05, 3.63) is 0 Å². The molecule has 2 rings (SSSR count). The third kappa shape index (κ3) is 1.32. The fourth-order valence-corrected chi connectivity index (χ4v) is 4.34. The van der Waals surface area contributed by atoms with Crippen LogP contribution in [0.2, 0.25) is 0 Å². The zero-order valence-corrected chi connectivity index (χ0v) is 8.99. The summed E-state index contributed by atoms with van der Waals surface area (Å²) in [7, 11) is -1.02. The molecule has 2 atom stereocenters. The molecule has 0 radical (unpaired) electrons. The van der Waals surface area contributed by atoms with Gasteiger partial charge in [-0.25, -0.2) is 8.42 Å². The average Bonchev–Trinajstić information content (AvgIpc) is 2.57. The Labute approximate surface area is 83.2 Å². The molecule has 0 aromatic carbocycles. The topological polar surface area (TPSA) is 49.4 Å². The van der Waals surface area contributed by atoms with Gasteiger partial charge in [-0.2, -0.15) is 0 Å². The lowest BCUT2D eigenvalue weighted by molar-refractivity contribution is 0.403. The van der Waals surface area contributed by atoms with Gasteiger partial charge in [-0.05, 0) is 18.6 Å². The van der Waals surface area contributed by atoms with Gasteiger partial charge in [0.1, 0.15) is 0 Å².